The number of hydrogen-bond acceptors (Lipinski definition) is 6. The highest BCUT2D eigenvalue weighted by atomic mass is 16.6. The molecule has 140 valence electrons. The van der Waals surface area contributed by atoms with Crippen molar-refractivity contribution in [3.63, 3.8) is 0 Å². The zero-order valence-corrected chi connectivity index (χ0v) is 14.7. The normalized spacial score (nSPS) is 25.4. The summed E-state index contributed by atoms with van der Waals surface area (Å²) in [6, 6.07) is 9.38. The number of aliphatic hydroxyl groups is 3. The molecule has 0 amide bonds. The molecule has 7 nitrogen and oxygen atoms in total. The molecule has 0 aliphatic carbocycles. The number of ether oxygens (including phenoxy) is 2. The number of benzene rings is 1. The van der Waals surface area contributed by atoms with Crippen LogP contribution in [0.5, 0.6) is 0 Å². The molecule has 3 N–H and O–H groups in total. The van der Waals surface area contributed by atoms with Crippen LogP contribution in [0, 0.1) is 0 Å². The van der Waals surface area contributed by atoms with Crippen LogP contribution in [-0.2, 0) is 16.5 Å². The molecule has 2 aromatic rings. The summed E-state index contributed by atoms with van der Waals surface area (Å²) in [5.74, 6) is -0.530. The summed E-state index contributed by atoms with van der Waals surface area (Å²) in [6.45, 7) is 1.49. The monoisotopic (exact) mass is 361 g/mol. The average Bonchev–Trinajstić information content (AvgIpc) is 3.13. The maximum Gasteiger partial charge on any atom is 0.340 e. The molecule has 0 bridgehead atoms. The number of nitrogens with zero attached hydrogens (tertiary/aromatic N) is 1. The summed E-state index contributed by atoms with van der Waals surface area (Å²) < 4.78 is 12.6. The predicted molar refractivity (Wildman–Crippen MR) is 93.5 cm³/mol. The minimum Gasteiger partial charge on any atom is -0.462 e. The SMILES string of the molecule is CCOC(=O)c1cn(C)c(-c2ccccc2)c1[C@@H]1O[C@H](CO)[C@@H](O)[C@H]1O. The van der Waals surface area contributed by atoms with E-state index in [0.29, 0.717) is 11.3 Å². The second-order valence-electron chi connectivity index (χ2n) is 6.26. The van der Waals surface area contributed by atoms with Crippen molar-refractivity contribution in [3.8, 4) is 11.3 Å². The molecule has 0 radical (unpaired) electrons. The molecule has 1 aromatic carbocycles. The maximum absolute atomic E-state index is 12.5. The molecule has 4 atom stereocenters. The van der Waals surface area contributed by atoms with Crippen LogP contribution in [0.25, 0.3) is 11.3 Å². The van der Waals surface area contributed by atoms with Crippen LogP contribution in [0.1, 0.15) is 28.9 Å². The van der Waals surface area contributed by atoms with E-state index < -0.39 is 37.0 Å². The molecule has 0 unspecified atom stereocenters. The van der Waals surface area contributed by atoms with E-state index >= 15 is 0 Å². The van der Waals surface area contributed by atoms with E-state index in [4.69, 9.17) is 9.47 Å². The summed E-state index contributed by atoms with van der Waals surface area (Å²) in [7, 11) is 1.79. The third kappa shape index (κ3) is 3.14. The van der Waals surface area contributed by atoms with Gasteiger partial charge in [0.1, 0.15) is 24.4 Å². The summed E-state index contributed by atoms with van der Waals surface area (Å²) >= 11 is 0. The van der Waals surface area contributed by atoms with Gasteiger partial charge in [-0.15, -0.1) is 0 Å². The van der Waals surface area contributed by atoms with E-state index in [1.165, 1.54) is 0 Å². The van der Waals surface area contributed by atoms with E-state index in [9.17, 15) is 20.1 Å². The first-order valence-corrected chi connectivity index (χ1v) is 8.53. The Hall–Kier alpha value is -2.19. The number of aryl methyl sites for hydroxylation is 1. The zero-order valence-electron chi connectivity index (χ0n) is 14.7. The van der Waals surface area contributed by atoms with Crippen LogP contribution in [-0.4, -0.2) is 57.4 Å². The number of carbonyl (C=O) groups excluding carboxylic acids is 1. The molecule has 26 heavy (non-hydrogen) atoms. The molecule has 7 heteroatoms. The Labute approximate surface area is 151 Å². The van der Waals surface area contributed by atoms with Crippen molar-refractivity contribution >= 4 is 5.97 Å². The minimum absolute atomic E-state index is 0.212. The minimum atomic E-state index is -1.27. The topological polar surface area (TPSA) is 101 Å². The van der Waals surface area contributed by atoms with Gasteiger partial charge in [-0.25, -0.2) is 4.79 Å². The number of rotatable bonds is 5. The van der Waals surface area contributed by atoms with E-state index in [1.807, 2.05) is 30.3 Å². The number of aliphatic hydroxyl groups excluding tert-OH is 3. The highest BCUT2D eigenvalue weighted by molar-refractivity contribution is 5.94. The van der Waals surface area contributed by atoms with Gasteiger partial charge in [0.2, 0.25) is 0 Å². The smallest absolute Gasteiger partial charge is 0.340 e. The Morgan fingerprint density at radius 1 is 1.23 bits per heavy atom. The van der Waals surface area contributed by atoms with Crippen molar-refractivity contribution in [2.45, 2.75) is 31.3 Å². The van der Waals surface area contributed by atoms with Gasteiger partial charge in [-0.05, 0) is 12.5 Å². The van der Waals surface area contributed by atoms with E-state index in [0.717, 1.165) is 5.56 Å². The summed E-state index contributed by atoms with van der Waals surface area (Å²) in [6.07, 6.45) is -2.77. The van der Waals surface area contributed by atoms with Crippen molar-refractivity contribution < 1.29 is 29.6 Å². The van der Waals surface area contributed by atoms with Crippen LogP contribution < -0.4 is 0 Å². The van der Waals surface area contributed by atoms with E-state index in [1.54, 1.807) is 24.7 Å². The largest absolute Gasteiger partial charge is 0.462 e. The van der Waals surface area contributed by atoms with Gasteiger partial charge < -0.3 is 29.4 Å². The Morgan fingerprint density at radius 3 is 2.50 bits per heavy atom. The second-order valence-corrected chi connectivity index (χ2v) is 6.26. The predicted octanol–water partition coefficient (Wildman–Crippen LogP) is 1.02. The molecule has 1 aliphatic rings. The van der Waals surface area contributed by atoms with Crippen molar-refractivity contribution in [3.05, 3.63) is 47.7 Å². The van der Waals surface area contributed by atoms with Crippen molar-refractivity contribution in [2.24, 2.45) is 7.05 Å². The highest BCUT2D eigenvalue weighted by Crippen LogP contribution is 2.41. The van der Waals surface area contributed by atoms with Crippen LogP contribution in [0.4, 0.5) is 0 Å². The second kappa shape index (κ2) is 7.59. The van der Waals surface area contributed by atoms with E-state index in [-0.39, 0.29) is 12.2 Å². The van der Waals surface area contributed by atoms with Gasteiger partial charge in [-0.2, -0.15) is 0 Å². The lowest BCUT2D eigenvalue weighted by Gasteiger charge is -2.18. The third-order valence-electron chi connectivity index (χ3n) is 4.59. The molecule has 1 fully saturated rings. The lowest BCUT2D eigenvalue weighted by Crippen LogP contribution is -2.32. The molecule has 1 saturated heterocycles. The zero-order chi connectivity index (χ0) is 18.8. The number of aromatic nitrogens is 1. The molecular weight excluding hydrogens is 338 g/mol. The van der Waals surface area contributed by atoms with Gasteiger partial charge in [0.05, 0.1) is 24.5 Å². The average molecular weight is 361 g/mol. The third-order valence-corrected chi connectivity index (χ3v) is 4.59. The quantitative estimate of drug-likeness (QED) is 0.688. The first-order valence-electron chi connectivity index (χ1n) is 8.53. The van der Waals surface area contributed by atoms with Crippen molar-refractivity contribution in [1.82, 2.24) is 4.57 Å². The number of hydrogen-bond donors (Lipinski definition) is 3. The highest BCUT2D eigenvalue weighted by Gasteiger charge is 2.46. The molecule has 2 heterocycles. The molecule has 3 rings (SSSR count). The fraction of sp³-hybridized carbons (Fsp3) is 0.421. The molecular formula is C19H23NO6. The van der Waals surface area contributed by atoms with Crippen molar-refractivity contribution in [2.75, 3.05) is 13.2 Å². The van der Waals surface area contributed by atoms with Crippen LogP contribution in [0.2, 0.25) is 0 Å². The van der Waals surface area contributed by atoms with Crippen LogP contribution >= 0.6 is 0 Å². The Morgan fingerprint density at radius 2 is 1.92 bits per heavy atom. The van der Waals surface area contributed by atoms with Crippen LogP contribution in [0.15, 0.2) is 36.5 Å². The standard InChI is InChI=1S/C19H23NO6/c1-3-25-19(24)12-9-20(2)15(11-7-5-4-6-8-11)14(12)18-17(23)16(22)13(10-21)26-18/h4-9,13,16-18,21-23H,3,10H2,1-2H3/t13-,16-,17-,18+/m1/s1. The summed E-state index contributed by atoms with van der Waals surface area (Å²) in [5, 5.41) is 30.0. The lowest BCUT2D eigenvalue weighted by atomic mass is 9.95. The number of esters is 1. The van der Waals surface area contributed by atoms with Gasteiger partial charge >= 0.3 is 5.97 Å². The lowest BCUT2D eigenvalue weighted by molar-refractivity contribution is -0.0229. The van der Waals surface area contributed by atoms with E-state index in [2.05, 4.69) is 0 Å². The van der Waals surface area contributed by atoms with Gasteiger partial charge in [0.25, 0.3) is 0 Å². The maximum atomic E-state index is 12.5. The summed E-state index contributed by atoms with van der Waals surface area (Å²) in [5.41, 5.74) is 2.23. The molecule has 0 spiro atoms. The van der Waals surface area contributed by atoms with Crippen LogP contribution in [0.3, 0.4) is 0 Å². The first-order chi connectivity index (χ1) is 12.5. The fourth-order valence-electron chi connectivity index (χ4n) is 3.40. The molecule has 1 aromatic heterocycles. The molecule has 1 aliphatic heterocycles. The van der Waals surface area contributed by atoms with Crippen molar-refractivity contribution in [1.29, 1.82) is 0 Å². The summed E-state index contributed by atoms with van der Waals surface area (Å²) in [4.78, 5) is 12.5. The Balaban J connectivity index is 2.16. The van der Waals surface area contributed by atoms with Gasteiger partial charge in [0, 0.05) is 18.8 Å². The Kier molecular flexibility index (Phi) is 5.43. The van der Waals surface area contributed by atoms with Gasteiger partial charge in [-0.3, -0.25) is 0 Å². The number of carbonyl (C=O) groups is 1. The first kappa shape index (κ1) is 18.6. The molecule has 0 saturated carbocycles. The Bertz CT molecular complexity index is 772. The fourth-order valence-corrected chi connectivity index (χ4v) is 3.40. The van der Waals surface area contributed by atoms with Gasteiger partial charge in [0.15, 0.2) is 0 Å². The van der Waals surface area contributed by atoms with Gasteiger partial charge in [-0.1, -0.05) is 30.3 Å².